The summed E-state index contributed by atoms with van der Waals surface area (Å²) in [6, 6.07) is 16.1. The molecule has 0 N–H and O–H groups in total. The third kappa shape index (κ3) is 5.70. The van der Waals surface area contributed by atoms with Crippen molar-refractivity contribution in [3.8, 4) is 0 Å². The van der Waals surface area contributed by atoms with Gasteiger partial charge in [-0.05, 0) is 80.1 Å². The molecule has 48 heavy (non-hydrogen) atoms. The molecule has 0 unspecified atom stereocenters. The molecule has 6 aromatic rings. The highest BCUT2D eigenvalue weighted by atomic mass is 79.9. The van der Waals surface area contributed by atoms with Crippen molar-refractivity contribution < 1.29 is 35.1 Å². The number of aromatic nitrogens is 4. The fourth-order valence-electron chi connectivity index (χ4n) is 6.80. The van der Waals surface area contributed by atoms with Crippen LogP contribution in [-0.4, -0.2) is 19.1 Å². The molecule has 2 atom stereocenters. The van der Waals surface area contributed by atoms with Crippen molar-refractivity contribution in [3.63, 3.8) is 0 Å². The first-order valence-corrected chi connectivity index (χ1v) is 16.3. The molecule has 0 saturated carbocycles. The predicted molar refractivity (Wildman–Crippen MR) is 171 cm³/mol. The van der Waals surface area contributed by atoms with E-state index in [1.165, 1.54) is 36.4 Å². The number of aryl methyl sites for hydroxylation is 2. The number of benzene rings is 4. The van der Waals surface area contributed by atoms with Crippen molar-refractivity contribution >= 4 is 53.9 Å². The lowest BCUT2D eigenvalue weighted by atomic mass is 9.98. The molecular weight excluding hydrogens is 776 g/mol. The van der Waals surface area contributed by atoms with Gasteiger partial charge in [0.15, 0.2) is 0 Å². The average molecular weight is 798 g/mol. The Morgan fingerprint density at radius 2 is 0.958 bits per heavy atom. The van der Waals surface area contributed by atoms with Gasteiger partial charge < -0.3 is 9.13 Å². The third-order valence-electron chi connectivity index (χ3n) is 8.77. The molecule has 0 saturated heterocycles. The number of hydrogen-bond donors (Lipinski definition) is 0. The van der Waals surface area contributed by atoms with E-state index in [0.29, 0.717) is 59.4 Å². The van der Waals surface area contributed by atoms with E-state index in [9.17, 15) is 35.1 Å². The fourth-order valence-corrected chi connectivity index (χ4v) is 7.46. The van der Waals surface area contributed by atoms with Crippen LogP contribution in [0.5, 0.6) is 0 Å². The highest BCUT2D eigenvalue weighted by Crippen LogP contribution is 2.43. The Morgan fingerprint density at radius 1 is 0.583 bits per heavy atom. The van der Waals surface area contributed by atoms with E-state index < -0.39 is 47.2 Å². The van der Waals surface area contributed by atoms with Crippen LogP contribution in [0.1, 0.15) is 58.8 Å². The summed E-state index contributed by atoms with van der Waals surface area (Å²) in [6.07, 6.45) is -6.62. The Morgan fingerprint density at radius 3 is 1.33 bits per heavy atom. The van der Waals surface area contributed by atoms with Gasteiger partial charge in [-0.25, -0.2) is 18.7 Å². The van der Waals surface area contributed by atoms with E-state index in [-0.39, 0.29) is 20.1 Å². The first-order chi connectivity index (χ1) is 22.7. The summed E-state index contributed by atoms with van der Waals surface area (Å²) in [6.45, 7) is 0. The molecule has 0 bridgehead atoms. The molecule has 14 heteroatoms. The molecule has 248 valence electrons. The second kappa shape index (κ2) is 12.0. The number of alkyl halides is 6. The zero-order valence-corrected chi connectivity index (χ0v) is 27.7. The minimum Gasteiger partial charge on any atom is -0.320 e. The fraction of sp³-hybridized carbons (Fsp3) is 0.235. The molecule has 0 aliphatic carbocycles. The Balaban J connectivity index is 0.000000152. The Labute approximate surface area is 284 Å². The standard InChI is InChI=1S/2C17H11BrF4N2/c2*18-11-7-15-13(8-12(11)19)23-16-6-5-14(24(15)16)9-3-1-2-4-10(9)17(20,21)22/h2*1-4,7-8,14H,5-6H2/t2*14-/m10/s1. The monoisotopic (exact) mass is 796 g/mol. The normalized spacial score (nSPS) is 17.5. The zero-order valence-electron chi connectivity index (χ0n) is 24.5. The summed E-state index contributed by atoms with van der Waals surface area (Å²) in [5, 5.41) is 0. The van der Waals surface area contributed by atoms with Crippen LogP contribution in [0.25, 0.3) is 22.1 Å². The predicted octanol–water partition coefficient (Wildman–Crippen LogP) is 11.0. The Kier molecular flexibility index (Phi) is 8.17. The quantitative estimate of drug-likeness (QED) is 0.164. The second-order valence-corrected chi connectivity index (χ2v) is 13.3. The van der Waals surface area contributed by atoms with Gasteiger partial charge in [0, 0.05) is 25.0 Å². The third-order valence-corrected chi connectivity index (χ3v) is 9.98. The maximum Gasteiger partial charge on any atom is 0.416 e. The van der Waals surface area contributed by atoms with Gasteiger partial charge in [-0.1, -0.05) is 36.4 Å². The SMILES string of the molecule is Fc1cc2nc3n(c2cc1Br)[C@@H](c1ccccc1C(F)(F)F)CC3.Fc1cc2nc3n(c2cc1Br)[C@H](c1ccccc1C(F)(F)F)CC3. The molecule has 0 fully saturated rings. The van der Waals surface area contributed by atoms with Crippen LogP contribution in [-0.2, 0) is 25.2 Å². The van der Waals surface area contributed by atoms with Gasteiger partial charge in [0.1, 0.15) is 23.3 Å². The van der Waals surface area contributed by atoms with E-state index in [1.807, 2.05) is 0 Å². The van der Waals surface area contributed by atoms with E-state index >= 15 is 0 Å². The zero-order chi connectivity index (χ0) is 34.1. The lowest BCUT2D eigenvalue weighted by Crippen LogP contribution is -2.14. The number of halogens is 10. The van der Waals surface area contributed by atoms with E-state index in [4.69, 9.17) is 0 Å². The maximum absolute atomic E-state index is 13.7. The number of fused-ring (bicyclic) bond motifs is 6. The van der Waals surface area contributed by atoms with Crippen molar-refractivity contribution in [2.24, 2.45) is 0 Å². The van der Waals surface area contributed by atoms with Crippen LogP contribution in [0, 0.1) is 11.6 Å². The highest BCUT2D eigenvalue weighted by Gasteiger charge is 2.39. The number of hydrogen-bond acceptors (Lipinski definition) is 2. The summed E-state index contributed by atoms with van der Waals surface area (Å²) in [5.74, 6) is 0.493. The molecule has 8 rings (SSSR count). The van der Waals surface area contributed by atoms with Crippen LogP contribution < -0.4 is 0 Å². The largest absolute Gasteiger partial charge is 0.416 e. The lowest BCUT2D eigenvalue weighted by molar-refractivity contribution is -0.139. The van der Waals surface area contributed by atoms with Gasteiger partial charge in [-0.3, -0.25) is 0 Å². The van der Waals surface area contributed by atoms with Crippen LogP contribution in [0.2, 0.25) is 0 Å². The summed E-state index contributed by atoms with van der Waals surface area (Å²) in [7, 11) is 0. The van der Waals surface area contributed by atoms with E-state index in [2.05, 4.69) is 41.8 Å². The Bertz CT molecular complexity index is 2050. The van der Waals surface area contributed by atoms with Gasteiger partial charge in [-0.2, -0.15) is 26.3 Å². The molecule has 4 aromatic carbocycles. The van der Waals surface area contributed by atoms with Crippen LogP contribution in [0.15, 0.2) is 81.7 Å². The number of nitrogens with zero attached hydrogens (tertiary/aromatic N) is 4. The highest BCUT2D eigenvalue weighted by molar-refractivity contribution is 9.10. The minimum atomic E-state index is -4.41. The van der Waals surface area contributed by atoms with Crippen LogP contribution in [0.4, 0.5) is 35.1 Å². The van der Waals surface area contributed by atoms with Gasteiger partial charge in [0.25, 0.3) is 0 Å². The van der Waals surface area contributed by atoms with Gasteiger partial charge in [-0.15, -0.1) is 0 Å². The second-order valence-electron chi connectivity index (χ2n) is 11.6. The van der Waals surface area contributed by atoms with Gasteiger partial charge >= 0.3 is 12.4 Å². The van der Waals surface area contributed by atoms with Gasteiger partial charge in [0.2, 0.25) is 0 Å². The van der Waals surface area contributed by atoms with Crippen molar-refractivity contribution in [3.05, 3.63) is 127 Å². The van der Waals surface area contributed by atoms with E-state index in [0.717, 1.165) is 12.1 Å². The van der Waals surface area contributed by atoms with Crippen molar-refractivity contribution in [1.29, 1.82) is 0 Å². The summed E-state index contributed by atoms with van der Waals surface area (Å²) < 4.78 is 112. The first kappa shape index (κ1) is 32.8. The molecular formula is C34H22Br2F8N4. The van der Waals surface area contributed by atoms with Crippen molar-refractivity contribution in [2.75, 3.05) is 0 Å². The molecule has 0 spiro atoms. The molecule has 0 radical (unpaired) electrons. The van der Waals surface area contributed by atoms with Gasteiger partial charge in [0.05, 0.1) is 54.2 Å². The first-order valence-electron chi connectivity index (χ1n) is 14.8. The Hall–Kier alpha value is -3.78. The molecule has 4 heterocycles. The molecule has 0 amide bonds. The van der Waals surface area contributed by atoms with E-state index in [1.54, 1.807) is 33.4 Å². The summed E-state index contributed by atoms with van der Waals surface area (Å²) in [5.41, 5.74) is 1.37. The topological polar surface area (TPSA) is 35.6 Å². The number of imidazole rings is 2. The summed E-state index contributed by atoms with van der Waals surface area (Å²) in [4.78, 5) is 8.77. The van der Waals surface area contributed by atoms with Crippen LogP contribution in [0.3, 0.4) is 0 Å². The minimum absolute atomic E-state index is 0.225. The molecule has 2 aromatic heterocycles. The molecule has 2 aliphatic heterocycles. The van der Waals surface area contributed by atoms with Crippen LogP contribution >= 0.6 is 31.9 Å². The number of rotatable bonds is 2. The maximum atomic E-state index is 13.7. The smallest absolute Gasteiger partial charge is 0.320 e. The lowest BCUT2D eigenvalue weighted by Gasteiger charge is -2.20. The molecule has 4 nitrogen and oxygen atoms in total. The van der Waals surface area contributed by atoms with Crippen molar-refractivity contribution in [1.82, 2.24) is 19.1 Å². The molecule has 2 aliphatic rings. The average Bonchev–Trinajstić information content (AvgIpc) is 3.79. The van der Waals surface area contributed by atoms with Crippen molar-refractivity contribution in [2.45, 2.75) is 50.1 Å². The summed E-state index contributed by atoms with van der Waals surface area (Å²) >= 11 is 6.27.